The molecule has 0 saturated carbocycles. The molecule has 5 nitrogen and oxygen atoms in total. The van der Waals surface area contributed by atoms with Gasteiger partial charge in [0.15, 0.2) is 11.5 Å². The minimum atomic E-state index is -0.628. The number of benzene rings is 1. The van der Waals surface area contributed by atoms with Crippen molar-refractivity contribution < 1.29 is 14.3 Å². The summed E-state index contributed by atoms with van der Waals surface area (Å²) in [6.07, 6.45) is -0.144. The SMILES string of the molecule is CC1COc2c(C(N)=O)cc(Cl)c(N)c2O1. The molecule has 1 heterocycles. The van der Waals surface area contributed by atoms with Crippen molar-refractivity contribution in [1.29, 1.82) is 0 Å². The number of anilines is 1. The number of ether oxygens (including phenoxy) is 2. The highest BCUT2D eigenvalue weighted by molar-refractivity contribution is 6.34. The Hall–Kier alpha value is -1.62. The largest absolute Gasteiger partial charge is 0.485 e. The Morgan fingerprint density at radius 1 is 1.56 bits per heavy atom. The zero-order valence-electron chi connectivity index (χ0n) is 8.62. The standard InChI is InChI=1S/C10H11ClN2O3/c1-4-3-15-8-5(10(13)14)2-6(11)7(12)9(8)16-4/h2,4H,3,12H2,1H3,(H2,13,14). The van der Waals surface area contributed by atoms with Crippen LogP contribution in [0.5, 0.6) is 11.5 Å². The predicted molar refractivity (Wildman–Crippen MR) is 60.0 cm³/mol. The van der Waals surface area contributed by atoms with Crippen LogP contribution < -0.4 is 20.9 Å². The number of hydrogen-bond acceptors (Lipinski definition) is 4. The zero-order chi connectivity index (χ0) is 11.9. The maximum Gasteiger partial charge on any atom is 0.252 e. The fourth-order valence-corrected chi connectivity index (χ4v) is 1.70. The quantitative estimate of drug-likeness (QED) is 0.724. The van der Waals surface area contributed by atoms with Gasteiger partial charge in [-0.2, -0.15) is 0 Å². The molecule has 0 aliphatic carbocycles. The summed E-state index contributed by atoms with van der Waals surface area (Å²) in [5.74, 6) is -0.0659. The van der Waals surface area contributed by atoms with E-state index >= 15 is 0 Å². The van der Waals surface area contributed by atoms with Crippen molar-refractivity contribution >= 4 is 23.2 Å². The summed E-state index contributed by atoms with van der Waals surface area (Å²) in [5.41, 5.74) is 11.4. The van der Waals surface area contributed by atoms with Gasteiger partial charge >= 0.3 is 0 Å². The molecule has 1 aromatic carbocycles. The first-order valence-electron chi connectivity index (χ1n) is 4.72. The molecule has 1 aromatic rings. The van der Waals surface area contributed by atoms with Crippen molar-refractivity contribution in [3.05, 3.63) is 16.7 Å². The van der Waals surface area contributed by atoms with E-state index in [0.29, 0.717) is 12.4 Å². The van der Waals surface area contributed by atoms with Crippen LogP contribution in [0, 0.1) is 0 Å². The van der Waals surface area contributed by atoms with E-state index in [1.165, 1.54) is 6.07 Å². The number of rotatable bonds is 1. The van der Waals surface area contributed by atoms with Crippen LogP contribution >= 0.6 is 11.6 Å². The molecule has 1 unspecified atom stereocenters. The smallest absolute Gasteiger partial charge is 0.252 e. The third-order valence-corrected chi connectivity index (χ3v) is 2.58. The number of carbonyl (C=O) groups is 1. The van der Waals surface area contributed by atoms with Gasteiger partial charge in [0.2, 0.25) is 0 Å². The van der Waals surface area contributed by atoms with Crippen LogP contribution in [-0.4, -0.2) is 18.6 Å². The molecule has 4 N–H and O–H groups in total. The summed E-state index contributed by atoms with van der Waals surface area (Å²) >= 11 is 5.87. The van der Waals surface area contributed by atoms with Gasteiger partial charge in [0.05, 0.1) is 16.3 Å². The molecule has 1 atom stereocenters. The summed E-state index contributed by atoms with van der Waals surface area (Å²) in [4.78, 5) is 11.2. The Labute approximate surface area is 97.3 Å². The average molecular weight is 243 g/mol. The van der Waals surface area contributed by atoms with Gasteiger partial charge in [0, 0.05) is 0 Å². The lowest BCUT2D eigenvalue weighted by atomic mass is 10.1. The minimum absolute atomic E-state index is 0.144. The van der Waals surface area contributed by atoms with E-state index in [0.717, 1.165) is 0 Å². The van der Waals surface area contributed by atoms with Crippen LogP contribution in [0.25, 0.3) is 0 Å². The molecule has 0 aromatic heterocycles. The van der Waals surface area contributed by atoms with Gasteiger partial charge in [-0.1, -0.05) is 11.6 Å². The number of amides is 1. The summed E-state index contributed by atoms with van der Waals surface area (Å²) in [7, 11) is 0. The molecule has 1 aliphatic rings. The first-order valence-corrected chi connectivity index (χ1v) is 5.09. The first-order chi connectivity index (χ1) is 7.50. The van der Waals surface area contributed by atoms with Gasteiger partial charge in [-0.25, -0.2) is 0 Å². The summed E-state index contributed by atoms with van der Waals surface area (Å²) in [6.45, 7) is 2.17. The van der Waals surface area contributed by atoms with E-state index in [9.17, 15) is 4.79 Å². The summed E-state index contributed by atoms with van der Waals surface area (Å²) in [6, 6.07) is 1.39. The molecular formula is C10H11ClN2O3. The number of halogens is 1. The monoisotopic (exact) mass is 242 g/mol. The fourth-order valence-electron chi connectivity index (χ4n) is 1.50. The van der Waals surface area contributed by atoms with E-state index in [-0.39, 0.29) is 28.1 Å². The molecular weight excluding hydrogens is 232 g/mol. The summed E-state index contributed by atoms with van der Waals surface area (Å²) < 4.78 is 10.9. The normalized spacial score (nSPS) is 18.2. The van der Waals surface area contributed by atoms with Gasteiger partial charge in [0.1, 0.15) is 12.7 Å². The Morgan fingerprint density at radius 2 is 2.25 bits per heavy atom. The number of hydrogen-bond donors (Lipinski definition) is 2. The Bertz CT molecular complexity index is 462. The highest BCUT2D eigenvalue weighted by atomic mass is 35.5. The van der Waals surface area contributed by atoms with Crippen LogP contribution in [0.1, 0.15) is 17.3 Å². The predicted octanol–water partition coefficient (Wildman–Crippen LogP) is 1.18. The molecule has 0 fully saturated rings. The van der Waals surface area contributed by atoms with E-state index in [2.05, 4.69) is 0 Å². The molecule has 2 rings (SSSR count). The van der Waals surface area contributed by atoms with Gasteiger partial charge < -0.3 is 20.9 Å². The topological polar surface area (TPSA) is 87.6 Å². The minimum Gasteiger partial charge on any atom is -0.485 e. The molecule has 6 heteroatoms. The Morgan fingerprint density at radius 3 is 2.88 bits per heavy atom. The first kappa shape index (κ1) is 10.9. The van der Waals surface area contributed by atoms with E-state index in [1.54, 1.807) is 0 Å². The number of fused-ring (bicyclic) bond motifs is 1. The molecule has 0 bridgehead atoms. The van der Waals surface area contributed by atoms with Gasteiger partial charge in [-0.15, -0.1) is 0 Å². The van der Waals surface area contributed by atoms with Crippen molar-refractivity contribution in [1.82, 2.24) is 0 Å². The molecule has 86 valence electrons. The van der Waals surface area contributed by atoms with Crippen LogP contribution in [-0.2, 0) is 0 Å². The number of primary amides is 1. The van der Waals surface area contributed by atoms with Crippen molar-refractivity contribution in [2.45, 2.75) is 13.0 Å². The molecule has 0 radical (unpaired) electrons. The molecule has 16 heavy (non-hydrogen) atoms. The maximum atomic E-state index is 11.2. The van der Waals surface area contributed by atoms with Gasteiger partial charge in [-0.3, -0.25) is 4.79 Å². The highest BCUT2D eigenvalue weighted by Crippen LogP contribution is 2.43. The second-order valence-corrected chi connectivity index (χ2v) is 3.99. The van der Waals surface area contributed by atoms with Gasteiger partial charge in [-0.05, 0) is 13.0 Å². The Kier molecular flexibility index (Phi) is 2.55. The van der Waals surface area contributed by atoms with E-state index in [1.807, 2.05) is 6.92 Å². The van der Waals surface area contributed by atoms with Crippen molar-refractivity contribution in [2.75, 3.05) is 12.3 Å². The van der Waals surface area contributed by atoms with Crippen molar-refractivity contribution in [2.24, 2.45) is 5.73 Å². The van der Waals surface area contributed by atoms with E-state index in [4.69, 9.17) is 32.5 Å². The highest BCUT2D eigenvalue weighted by Gasteiger charge is 2.26. The number of carbonyl (C=O) groups excluding carboxylic acids is 1. The third kappa shape index (κ3) is 1.63. The molecule has 0 saturated heterocycles. The zero-order valence-corrected chi connectivity index (χ0v) is 9.38. The fraction of sp³-hybridized carbons (Fsp3) is 0.300. The third-order valence-electron chi connectivity index (χ3n) is 2.27. The molecule has 1 aliphatic heterocycles. The Balaban J connectivity index is 2.64. The lowest BCUT2D eigenvalue weighted by molar-refractivity contribution is 0.0938. The van der Waals surface area contributed by atoms with Crippen molar-refractivity contribution in [3.8, 4) is 11.5 Å². The van der Waals surface area contributed by atoms with Crippen LogP contribution in [0.3, 0.4) is 0 Å². The number of nitrogen functional groups attached to an aromatic ring is 1. The van der Waals surface area contributed by atoms with Crippen LogP contribution in [0.15, 0.2) is 6.07 Å². The van der Waals surface area contributed by atoms with Crippen LogP contribution in [0.4, 0.5) is 5.69 Å². The van der Waals surface area contributed by atoms with Crippen LogP contribution in [0.2, 0.25) is 5.02 Å². The number of nitrogens with two attached hydrogens (primary N) is 2. The second-order valence-electron chi connectivity index (χ2n) is 3.58. The average Bonchev–Trinajstić information content (AvgIpc) is 2.23. The maximum absolute atomic E-state index is 11.2. The lowest BCUT2D eigenvalue weighted by Gasteiger charge is -2.26. The van der Waals surface area contributed by atoms with Crippen molar-refractivity contribution in [3.63, 3.8) is 0 Å². The van der Waals surface area contributed by atoms with Gasteiger partial charge in [0.25, 0.3) is 5.91 Å². The second kappa shape index (κ2) is 3.75. The lowest BCUT2D eigenvalue weighted by Crippen LogP contribution is -2.28. The molecule has 1 amide bonds. The van der Waals surface area contributed by atoms with E-state index < -0.39 is 5.91 Å². The molecule has 0 spiro atoms. The summed E-state index contributed by atoms with van der Waals surface area (Å²) in [5, 5.41) is 0.227.